The number of carbonyl (C=O) groups is 2. The molecule has 12 heteroatoms. The Morgan fingerprint density at radius 3 is 2.09 bits per heavy atom. The minimum absolute atomic E-state index is 0.143. The summed E-state index contributed by atoms with van der Waals surface area (Å²) < 4.78 is 57.9. The molecule has 0 atom stereocenters. The number of rotatable bonds is 8. The Bertz CT molecular complexity index is 1380. The van der Waals surface area contributed by atoms with Gasteiger partial charge in [0, 0.05) is 22.7 Å². The first-order valence-electron chi connectivity index (χ1n) is 9.83. The lowest BCUT2D eigenvalue weighted by atomic mass is 10.1. The zero-order valence-electron chi connectivity index (χ0n) is 18.7. The van der Waals surface area contributed by atoms with Crippen molar-refractivity contribution in [1.82, 2.24) is 0 Å². The fourth-order valence-electron chi connectivity index (χ4n) is 3.01. The van der Waals surface area contributed by atoms with Crippen LogP contribution in [0.4, 0.5) is 15.8 Å². The topological polar surface area (TPSA) is 120 Å². The van der Waals surface area contributed by atoms with Crippen LogP contribution in [-0.4, -0.2) is 41.6 Å². The van der Waals surface area contributed by atoms with Gasteiger partial charge in [-0.2, -0.15) is 0 Å². The Kier molecular flexibility index (Phi) is 7.82. The van der Waals surface area contributed by atoms with E-state index >= 15 is 0 Å². The number of halogens is 2. The van der Waals surface area contributed by atoms with E-state index in [0.29, 0.717) is 5.02 Å². The molecule has 3 aromatic rings. The highest BCUT2D eigenvalue weighted by atomic mass is 35.5. The molecule has 0 aliphatic heterocycles. The van der Waals surface area contributed by atoms with Crippen LogP contribution in [0.1, 0.15) is 20.7 Å². The first-order valence-corrected chi connectivity index (χ1v) is 11.7. The third kappa shape index (κ3) is 5.81. The highest BCUT2D eigenvalue weighted by Gasteiger charge is 2.23. The van der Waals surface area contributed by atoms with E-state index < -0.39 is 32.6 Å². The Labute approximate surface area is 205 Å². The Morgan fingerprint density at radius 1 is 0.886 bits per heavy atom. The lowest BCUT2D eigenvalue weighted by molar-refractivity contribution is 0.0601. The maximum atomic E-state index is 14.7. The first kappa shape index (κ1) is 25.8. The lowest BCUT2D eigenvalue weighted by Crippen LogP contribution is -2.17. The number of methoxy groups -OCH3 is 3. The van der Waals surface area contributed by atoms with Crippen molar-refractivity contribution in [3.05, 3.63) is 76.6 Å². The molecule has 184 valence electrons. The standard InChI is InChI=1S/C23H20ClFN2O7S/c1-32-20-11-16(23(29)34-3)19(12-21(20)33-2)27-35(30,31)15-8-9-18(17(25)10-15)26-22(28)13-4-6-14(24)7-5-13/h4-12,27H,1-3H3,(H,26,28). The maximum Gasteiger partial charge on any atom is 0.340 e. The zero-order valence-corrected chi connectivity index (χ0v) is 20.3. The number of esters is 1. The molecule has 35 heavy (non-hydrogen) atoms. The van der Waals surface area contributed by atoms with Crippen molar-refractivity contribution in [2.75, 3.05) is 31.4 Å². The predicted octanol–water partition coefficient (Wildman–Crippen LogP) is 4.34. The van der Waals surface area contributed by atoms with Gasteiger partial charge in [-0.05, 0) is 42.5 Å². The molecule has 0 radical (unpaired) electrons. The second kappa shape index (κ2) is 10.6. The van der Waals surface area contributed by atoms with Crippen molar-refractivity contribution in [2.24, 2.45) is 0 Å². The SMILES string of the molecule is COC(=O)c1cc(OC)c(OC)cc1NS(=O)(=O)c1ccc(NC(=O)c2ccc(Cl)cc2)c(F)c1. The fraction of sp³-hybridized carbons (Fsp3) is 0.130. The molecule has 0 aromatic heterocycles. The second-order valence-corrected chi connectivity index (χ2v) is 9.07. The van der Waals surface area contributed by atoms with Crippen molar-refractivity contribution in [3.8, 4) is 11.5 Å². The summed E-state index contributed by atoms with van der Waals surface area (Å²) in [6.07, 6.45) is 0. The minimum Gasteiger partial charge on any atom is -0.493 e. The van der Waals surface area contributed by atoms with E-state index in [1.54, 1.807) is 0 Å². The maximum absolute atomic E-state index is 14.7. The van der Waals surface area contributed by atoms with E-state index in [1.165, 1.54) is 50.6 Å². The van der Waals surface area contributed by atoms with Crippen LogP contribution in [0.3, 0.4) is 0 Å². The molecule has 0 aliphatic carbocycles. The number of ether oxygens (including phenoxy) is 3. The number of carbonyl (C=O) groups excluding carboxylic acids is 2. The molecule has 3 aromatic carbocycles. The van der Waals surface area contributed by atoms with Gasteiger partial charge in [-0.15, -0.1) is 0 Å². The van der Waals surface area contributed by atoms with E-state index in [0.717, 1.165) is 25.3 Å². The largest absolute Gasteiger partial charge is 0.493 e. The number of hydrogen-bond donors (Lipinski definition) is 2. The summed E-state index contributed by atoms with van der Waals surface area (Å²) in [5, 5.41) is 2.80. The lowest BCUT2D eigenvalue weighted by Gasteiger charge is -2.16. The molecule has 0 bridgehead atoms. The quantitative estimate of drug-likeness (QED) is 0.422. The Morgan fingerprint density at radius 2 is 1.51 bits per heavy atom. The van der Waals surface area contributed by atoms with Crippen LogP contribution in [0.2, 0.25) is 5.02 Å². The van der Waals surface area contributed by atoms with Crippen molar-refractivity contribution in [3.63, 3.8) is 0 Å². The summed E-state index contributed by atoms with van der Waals surface area (Å²) >= 11 is 5.79. The Balaban J connectivity index is 1.90. The van der Waals surface area contributed by atoms with Crippen molar-refractivity contribution < 1.29 is 36.6 Å². The van der Waals surface area contributed by atoms with Gasteiger partial charge in [0.1, 0.15) is 5.82 Å². The monoisotopic (exact) mass is 522 g/mol. The van der Waals surface area contributed by atoms with Crippen LogP contribution >= 0.6 is 11.6 Å². The molecular formula is C23H20ClFN2O7S. The average molecular weight is 523 g/mol. The number of amides is 1. The van der Waals surface area contributed by atoms with Crippen LogP contribution in [0, 0.1) is 5.82 Å². The third-order valence-electron chi connectivity index (χ3n) is 4.78. The van der Waals surface area contributed by atoms with Crippen molar-refractivity contribution in [2.45, 2.75) is 4.90 Å². The van der Waals surface area contributed by atoms with E-state index in [1.807, 2.05) is 0 Å². The first-order chi connectivity index (χ1) is 16.6. The molecule has 1 amide bonds. The fourth-order valence-corrected chi connectivity index (χ4v) is 4.21. The molecule has 0 saturated carbocycles. The molecule has 0 spiro atoms. The van der Waals surface area contributed by atoms with Gasteiger partial charge in [0.2, 0.25) is 0 Å². The number of nitrogens with one attached hydrogen (secondary N) is 2. The highest BCUT2D eigenvalue weighted by molar-refractivity contribution is 7.92. The van der Waals surface area contributed by atoms with Gasteiger partial charge in [-0.25, -0.2) is 17.6 Å². The van der Waals surface area contributed by atoms with E-state index in [-0.39, 0.29) is 34.0 Å². The van der Waals surface area contributed by atoms with E-state index in [9.17, 15) is 22.4 Å². The molecule has 0 unspecified atom stereocenters. The van der Waals surface area contributed by atoms with Gasteiger partial charge in [0.05, 0.1) is 43.2 Å². The van der Waals surface area contributed by atoms with Crippen LogP contribution < -0.4 is 19.5 Å². The average Bonchev–Trinajstić information content (AvgIpc) is 2.84. The van der Waals surface area contributed by atoms with Crippen molar-refractivity contribution >= 4 is 44.9 Å². The molecule has 9 nitrogen and oxygen atoms in total. The van der Waals surface area contributed by atoms with Crippen LogP contribution in [0.5, 0.6) is 11.5 Å². The number of anilines is 2. The molecule has 0 saturated heterocycles. The molecule has 3 rings (SSSR count). The van der Waals surface area contributed by atoms with Gasteiger partial charge < -0.3 is 19.5 Å². The summed E-state index contributed by atoms with van der Waals surface area (Å²) in [5.41, 5.74) is -0.322. The summed E-state index contributed by atoms with van der Waals surface area (Å²) in [5.74, 6) is -2.12. The van der Waals surface area contributed by atoms with Gasteiger partial charge in [-0.1, -0.05) is 11.6 Å². The molecular weight excluding hydrogens is 503 g/mol. The zero-order chi connectivity index (χ0) is 25.8. The summed E-state index contributed by atoms with van der Waals surface area (Å²) in [4.78, 5) is 24.1. The van der Waals surface area contributed by atoms with Crippen molar-refractivity contribution in [1.29, 1.82) is 0 Å². The van der Waals surface area contributed by atoms with E-state index in [4.69, 9.17) is 25.8 Å². The number of sulfonamides is 1. The number of benzene rings is 3. The van der Waals surface area contributed by atoms with Crippen LogP contribution in [-0.2, 0) is 14.8 Å². The summed E-state index contributed by atoms with van der Waals surface area (Å²) in [7, 11) is -0.560. The van der Waals surface area contributed by atoms with Gasteiger partial charge in [-0.3, -0.25) is 9.52 Å². The molecule has 0 heterocycles. The third-order valence-corrected chi connectivity index (χ3v) is 6.39. The van der Waals surface area contributed by atoms with Gasteiger partial charge in [0.15, 0.2) is 11.5 Å². The van der Waals surface area contributed by atoms with Gasteiger partial charge >= 0.3 is 5.97 Å². The minimum atomic E-state index is -4.37. The van der Waals surface area contributed by atoms with Crippen LogP contribution in [0.25, 0.3) is 0 Å². The van der Waals surface area contributed by atoms with E-state index in [2.05, 4.69) is 10.0 Å². The molecule has 2 N–H and O–H groups in total. The Hall–Kier alpha value is -3.83. The van der Waals surface area contributed by atoms with Gasteiger partial charge in [0.25, 0.3) is 15.9 Å². The molecule has 0 fully saturated rings. The smallest absolute Gasteiger partial charge is 0.340 e. The summed E-state index contributed by atoms with van der Waals surface area (Å²) in [6.45, 7) is 0. The highest BCUT2D eigenvalue weighted by Crippen LogP contribution is 2.35. The predicted molar refractivity (Wildman–Crippen MR) is 127 cm³/mol. The molecule has 0 aliphatic rings. The van der Waals surface area contributed by atoms with Crippen LogP contribution in [0.15, 0.2) is 59.5 Å². The normalized spacial score (nSPS) is 10.9. The number of hydrogen-bond acceptors (Lipinski definition) is 7. The second-order valence-electron chi connectivity index (χ2n) is 6.95. The summed E-state index contributed by atoms with van der Waals surface area (Å²) in [6, 6.07) is 11.3.